The number of hydrogen-bond donors (Lipinski definition) is 0. The Kier molecular flexibility index (Phi) is 4.02. The summed E-state index contributed by atoms with van der Waals surface area (Å²) in [7, 11) is 2.02. The molecule has 5 heteroatoms. The maximum absolute atomic E-state index is 13.3. The lowest BCUT2D eigenvalue weighted by atomic mass is 9.83. The van der Waals surface area contributed by atoms with Gasteiger partial charge in [0.2, 0.25) is 0 Å². The van der Waals surface area contributed by atoms with Crippen molar-refractivity contribution in [2.24, 2.45) is 13.0 Å². The minimum absolute atomic E-state index is 0.100. The first-order chi connectivity index (χ1) is 13.5. The summed E-state index contributed by atoms with van der Waals surface area (Å²) < 4.78 is 4.04. The molecule has 2 aromatic heterocycles. The molecule has 5 rings (SSSR count). The van der Waals surface area contributed by atoms with Gasteiger partial charge in [-0.1, -0.05) is 24.3 Å². The summed E-state index contributed by atoms with van der Waals surface area (Å²) in [5.74, 6) is 0.968. The second kappa shape index (κ2) is 6.45. The van der Waals surface area contributed by atoms with Gasteiger partial charge in [-0.25, -0.2) is 0 Å². The van der Waals surface area contributed by atoms with Gasteiger partial charge in [0.05, 0.1) is 6.54 Å². The first-order valence-electron chi connectivity index (χ1n) is 10.0. The Labute approximate surface area is 164 Å². The molecule has 1 saturated heterocycles. The molecule has 4 heterocycles. The van der Waals surface area contributed by atoms with E-state index < -0.39 is 0 Å². The van der Waals surface area contributed by atoms with E-state index in [0.29, 0.717) is 18.4 Å². The lowest BCUT2D eigenvalue weighted by Crippen LogP contribution is -2.48. The molecule has 3 aromatic rings. The fourth-order valence-electron chi connectivity index (χ4n) is 5.28. The molecule has 2 aliphatic heterocycles. The summed E-state index contributed by atoms with van der Waals surface area (Å²) in [5, 5.41) is 1.04. The molecule has 1 fully saturated rings. The van der Waals surface area contributed by atoms with Gasteiger partial charge < -0.3 is 9.13 Å². The number of carbonyl (C=O) groups excluding carboxylic acids is 1. The number of Topliss-reactive ketones (excluding diaryl/α,β-unsaturated/α-hetero) is 1. The third-order valence-corrected chi connectivity index (χ3v) is 6.60. The van der Waals surface area contributed by atoms with E-state index in [-0.39, 0.29) is 11.3 Å². The fourth-order valence-corrected chi connectivity index (χ4v) is 5.28. The highest BCUT2D eigenvalue weighted by molar-refractivity contribution is 6.10. The van der Waals surface area contributed by atoms with Gasteiger partial charge in [0.15, 0.2) is 5.78 Å². The van der Waals surface area contributed by atoms with Crippen molar-refractivity contribution in [3.8, 4) is 0 Å². The van der Waals surface area contributed by atoms with Gasteiger partial charge in [-0.05, 0) is 31.4 Å². The molecule has 2 bridgehead atoms. The molecular formula is C23H25N3O2. The van der Waals surface area contributed by atoms with E-state index in [1.165, 1.54) is 0 Å². The molecule has 0 radical (unpaired) electrons. The number of aromatic nitrogens is 2. The van der Waals surface area contributed by atoms with Crippen LogP contribution in [0.25, 0.3) is 10.9 Å². The van der Waals surface area contributed by atoms with Crippen molar-refractivity contribution in [1.82, 2.24) is 14.0 Å². The first kappa shape index (κ1) is 17.4. The Balaban J connectivity index is 1.42. The van der Waals surface area contributed by atoms with Crippen LogP contribution in [-0.2, 0) is 13.6 Å². The minimum atomic E-state index is 0.100. The van der Waals surface area contributed by atoms with Crippen molar-refractivity contribution in [2.45, 2.75) is 25.8 Å². The predicted octanol–water partition coefficient (Wildman–Crippen LogP) is 2.95. The Morgan fingerprint density at radius 1 is 1.07 bits per heavy atom. The molecule has 2 atom stereocenters. The Morgan fingerprint density at radius 3 is 2.75 bits per heavy atom. The van der Waals surface area contributed by atoms with Gasteiger partial charge in [-0.15, -0.1) is 0 Å². The van der Waals surface area contributed by atoms with E-state index in [0.717, 1.165) is 53.9 Å². The summed E-state index contributed by atoms with van der Waals surface area (Å²) in [4.78, 5) is 27.8. The zero-order valence-electron chi connectivity index (χ0n) is 16.4. The van der Waals surface area contributed by atoms with Crippen molar-refractivity contribution in [3.05, 3.63) is 69.8 Å². The number of rotatable bonds is 3. The standard InChI is InChI=1S/C23H25N3O2/c1-15-23(18-6-3-4-7-20(18)24(15)2)21(27)14-25-11-16-10-17(13-25)19-8-5-9-22(28)26(19)12-16/h3-9,16-17H,10-14H2,1-2H3/t16-,17-/m1/s1. The number of fused-ring (bicyclic) bond motifs is 5. The number of para-hydroxylation sites is 1. The highest BCUT2D eigenvalue weighted by Gasteiger charge is 2.35. The lowest BCUT2D eigenvalue weighted by Gasteiger charge is -2.42. The number of pyridine rings is 1. The number of nitrogens with zero attached hydrogens (tertiary/aromatic N) is 3. The average Bonchev–Trinajstić information content (AvgIpc) is 2.94. The highest BCUT2D eigenvalue weighted by Crippen LogP contribution is 2.35. The van der Waals surface area contributed by atoms with E-state index in [4.69, 9.17) is 0 Å². The van der Waals surface area contributed by atoms with Crippen LogP contribution in [0.15, 0.2) is 47.3 Å². The van der Waals surface area contributed by atoms with Crippen molar-refractivity contribution in [2.75, 3.05) is 19.6 Å². The van der Waals surface area contributed by atoms with Crippen LogP contribution in [0, 0.1) is 12.8 Å². The summed E-state index contributed by atoms with van der Waals surface area (Å²) >= 11 is 0. The maximum atomic E-state index is 13.3. The van der Waals surface area contributed by atoms with Gasteiger partial charge in [0.1, 0.15) is 0 Å². The van der Waals surface area contributed by atoms with E-state index in [1.807, 2.05) is 42.8 Å². The molecular weight excluding hydrogens is 350 g/mol. The van der Waals surface area contributed by atoms with Gasteiger partial charge in [-0.3, -0.25) is 14.5 Å². The number of carbonyl (C=O) groups is 1. The Morgan fingerprint density at radius 2 is 1.89 bits per heavy atom. The van der Waals surface area contributed by atoms with Gasteiger partial charge in [-0.2, -0.15) is 0 Å². The van der Waals surface area contributed by atoms with Crippen molar-refractivity contribution in [3.63, 3.8) is 0 Å². The molecule has 1 aromatic carbocycles. The smallest absolute Gasteiger partial charge is 0.250 e. The molecule has 5 nitrogen and oxygen atoms in total. The van der Waals surface area contributed by atoms with E-state index in [9.17, 15) is 9.59 Å². The monoisotopic (exact) mass is 375 g/mol. The van der Waals surface area contributed by atoms with Crippen LogP contribution in [0.2, 0.25) is 0 Å². The zero-order valence-corrected chi connectivity index (χ0v) is 16.4. The fraction of sp³-hybridized carbons (Fsp3) is 0.391. The van der Waals surface area contributed by atoms with Gasteiger partial charge in [0.25, 0.3) is 5.56 Å². The van der Waals surface area contributed by atoms with E-state index in [2.05, 4.69) is 21.6 Å². The third-order valence-electron chi connectivity index (χ3n) is 6.60. The van der Waals surface area contributed by atoms with E-state index >= 15 is 0 Å². The maximum Gasteiger partial charge on any atom is 0.250 e. The molecule has 28 heavy (non-hydrogen) atoms. The molecule has 0 saturated carbocycles. The molecule has 0 amide bonds. The molecule has 2 aliphatic rings. The molecule has 0 aliphatic carbocycles. The number of piperidine rings is 1. The van der Waals surface area contributed by atoms with Gasteiger partial charge in [0, 0.05) is 66.5 Å². The van der Waals surface area contributed by atoms with Crippen LogP contribution in [0.3, 0.4) is 0 Å². The number of ketones is 1. The number of likely N-dealkylation sites (tertiary alicyclic amines) is 1. The SMILES string of the molecule is Cc1c(C(=O)CN2C[C@H]3C[C@H](C2)c2cccc(=O)n2C3)c2ccccc2n1C. The Hall–Kier alpha value is -2.66. The Bertz CT molecular complexity index is 1140. The predicted molar refractivity (Wildman–Crippen MR) is 110 cm³/mol. The highest BCUT2D eigenvalue weighted by atomic mass is 16.1. The second-order valence-corrected chi connectivity index (χ2v) is 8.35. The van der Waals surface area contributed by atoms with Crippen molar-refractivity contribution in [1.29, 1.82) is 0 Å². The van der Waals surface area contributed by atoms with Crippen LogP contribution in [0.5, 0.6) is 0 Å². The normalized spacial score (nSPS) is 21.6. The molecule has 0 N–H and O–H groups in total. The quantitative estimate of drug-likeness (QED) is 0.662. The molecule has 0 spiro atoms. The summed E-state index contributed by atoms with van der Waals surface area (Å²) in [6.07, 6.45) is 1.11. The van der Waals surface area contributed by atoms with Crippen molar-refractivity contribution >= 4 is 16.7 Å². The summed E-state index contributed by atoms with van der Waals surface area (Å²) in [6.45, 7) is 4.96. The lowest BCUT2D eigenvalue weighted by molar-refractivity contribution is 0.0818. The molecule has 0 unspecified atom stereocenters. The minimum Gasteiger partial charge on any atom is -0.347 e. The largest absolute Gasteiger partial charge is 0.347 e. The number of hydrogen-bond acceptors (Lipinski definition) is 3. The van der Waals surface area contributed by atoms with Crippen LogP contribution < -0.4 is 5.56 Å². The molecule has 144 valence electrons. The average molecular weight is 375 g/mol. The number of aryl methyl sites for hydroxylation is 1. The van der Waals surface area contributed by atoms with Gasteiger partial charge >= 0.3 is 0 Å². The zero-order chi connectivity index (χ0) is 19.4. The van der Waals surface area contributed by atoms with E-state index in [1.54, 1.807) is 6.07 Å². The third kappa shape index (κ3) is 2.65. The van der Waals surface area contributed by atoms with Crippen LogP contribution in [0.1, 0.15) is 34.1 Å². The second-order valence-electron chi connectivity index (χ2n) is 8.35. The summed E-state index contributed by atoms with van der Waals surface area (Å²) in [6, 6.07) is 13.7. The summed E-state index contributed by atoms with van der Waals surface area (Å²) in [5.41, 5.74) is 4.21. The van der Waals surface area contributed by atoms with Crippen molar-refractivity contribution < 1.29 is 4.79 Å². The topological polar surface area (TPSA) is 47.2 Å². The van der Waals surface area contributed by atoms with Crippen LogP contribution in [0.4, 0.5) is 0 Å². The van der Waals surface area contributed by atoms with Crippen LogP contribution >= 0.6 is 0 Å². The number of benzene rings is 1. The first-order valence-corrected chi connectivity index (χ1v) is 10.0. The van der Waals surface area contributed by atoms with Crippen LogP contribution in [-0.4, -0.2) is 39.5 Å².